The summed E-state index contributed by atoms with van der Waals surface area (Å²) in [6.07, 6.45) is 0. The minimum Gasteiger partial charge on any atom is -0.311 e. The lowest BCUT2D eigenvalue weighted by molar-refractivity contribution is 0.592. The van der Waals surface area contributed by atoms with Crippen LogP contribution in [0.1, 0.15) is 100 Å². The first kappa shape index (κ1) is 89.1. The number of fused-ring (bicyclic) bond motifs is 24. The van der Waals surface area contributed by atoms with Gasteiger partial charge in [-0.2, -0.15) is 0 Å². The van der Waals surface area contributed by atoms with E-state index in [1.807, 2.05) is 60.7 Å². The molecule has 9 nitrogen and oxygen atoms in total. The molecule has 710 valence electrons. The summed E-state index contributed by atoms with van der Waals surface area (Å²) in [4.78, 5) is 4.70. The molecular weight excluding hydrogens is 1820 g/mol. The maximum absolute atomic E-state index is 15.0. The Hall–Kier alpha value is -17.8. The lowest BCUT2D eigenvalue weighted by Crippen LogP contribution is -2.25. The number of hydrogen-bond donors (Lipinski definition) is 0. The van der Waals surface area contributed by atoms with Gasteiger partial charge in [0.2, 0.25) is 0 Å². The van der Waals surface area contributed by atoms with Crippen LogP contribution in [-0.2, 0) is 26.2 Å². The van der Waals surface area contributed by atoms with Crippen LogP contribution >= 0.6 is 7.14 Å². The van der Waals surface area contributed by atoms with Crippen LogP contribution in [0.3, 0.4) is 0 Å². The molecule has 0 fully saturated rings. The van der Waals surface area contributed by atoms with Gasteiger partial charge in [0.05, 0.1) is 33.6 Å². The molecule has 0 N–H and O–H groups in total. The van der Waals surface area contributed by atoms with Crippen molar-refractivity contribution >= 4 is 123 Å². The fourth-order valence-corrected chi connectivity index (χ4v) is 27.4. The van der Waals surface area contributed by atoms with Crippen LogP contribution in [0.15, 0.2) is 504 Å². The predicted molar refractivity (Wildman–Crippen MR) is 619 cm³/mol. The lowest BCUT2D eigenvalue weighted by Gasteiger charge is -2.28. The number of anilines is 6. The molecular formula is C138H107N8OP. The van der Waals surface area contributed by atoms with Gasteiger partial charge in [-0.05, 0) is 248 Å². The molecule has 4 aliphatic rings. The summed E-state index contributed by atoms with van der Waals surface area (Å²) in [7, 11) is -3.05. The van der Waals surface area contributed by atoms with Crippen molar-refractivity contribution in [2.75, 3.05) is 9.80 Å². The Balaban J connectivity index is 0.000000112. The molecule has 9 heterocycles. The second-order valence-electron chi connectivity index (χ2n) is 41.9. The molecule has 0 radical (unpaired) electrons. The average Bonchev–Trinajstić information content (AvgIpc) is 1.53. The Labute approximate surface area is 862 Å². The Kier molecular flexibility index (Phi) is 20.8. The Bertz CT molecular complexity index is 9470. The van der Waals surface area contributed by atoms with Crippen LogP contribution in [0.25, 0.3) is 144 Å². The van der Waals surface area contributed by atoms with Crippen LogP contribution in [0, 0.1) is 0 Å². The first-order valence-corrected chi connectivity index (χ1v) is 53.2. The molecule has 0 saturated heterocycles. The van der Waals surface area contributed by atoms with Gasteiger partial charge in [0.25, 0.3) is 0 Å². The number of benzene rings is 19. The minimum absolute atomic E-state index is 0.0613. The molecule has 0 spiro atoms. The van der Waals surface area contributed by atoms with E-state index in [1.54, 1.807) is 0 Å². The highest BCUT2D eigenvalue weighted by Gasteiger charge is 2.44. The SMILES string of the molecule is CC1(C)c2ccccc2-c2ccc(N(c3ccc(-c4ccccc4)cc3)c3ccc(-c4ccc(-n5c6ccccc6c6cc7n(c65)-c5ccccc5C7(C)C)cc4)cc3)cc21.CC1(C)c2ccccc2-n2c1cc1c3ccccc3n(-c3ccc(-c4ccc(N(c5ccccc5)c5ccccc5)cc4)cc3)c12.CC1(C)c2ccccc2-n2c1cc1c3ccccc3n(-c3ccc(P(=O)(c4ccccc4)c4ccccc4)cc3)c12. The molecule has 29 rings (SSSR count). The smallest absolute Gasteiger partial charge is 0.171 e. The summed E-state index contributed by atoms with van der Waals surface area (Å²) in [5.41, 5.74) is 41.5. The molecule has 0 amide bonds. The largest absolute Gasteiger partial charge is 0.311 e. The maximum atomic E-state index is 15.0. The highest BCUT2D eigenvalue weighted by Crippen LogP contribution is 2.56. The number of aromatic nitrogens is 6. The normalized spacial score (nSPS) is 13.8. The molecule has 0 unspecified atom stereocenters. The summed E-state index contributed by atoms with van der Waals surface area (Å²) in [5.74, 6) is 0. The molecule has 0 atom stereocenters. The van der Waals surface area contributed by atoms with Gasteiger partial charge < -0.3 is 14.4 Å². The van der Waals surface area contributed by atoms with E-state index in [4.69, 9.17) is 0 Å². The Morgan fingerprint density at radius 2 is 0.446 bits per heavy atom. The summed E-state index contributed by atoms with van der Waals surface area (Å²) >= 11 is 0. The lowest BCUT2D eigenvalue weighted by atomic mass is 9.82. The highest BCUT2D eigenvalue weighted by molar-refractivity contribution is 7.85. The third-order valence-electron chi connectivity index (χ3n) is 32.2. The van der Waals surface area contributed by atoms with Crippen molar-refractivity contribution in [3.05, 3.63) is 548 Å². The third-order valence-corrected chi connectivity index (χ3v) is 35.3. The van der Waals surface area contributed by atoms with E-state index in [0.717, 1.165) is 72.6 Å². The first-order chi connectivity index (χ1) is 72.4. The zero-order chi connectivity index (χ0) is 99.6. The molecule has 148 heavy (non-hydrogen) atoms. The molecule has 1 aliphatic carbocycles. The van der Waals surface area contributed by atoms with E-state index in [2.05, 4.69) is 535 Å². The van der Waals surface area contributed by atoms with Crippen molar-refractivity contribution in [3.8, 4) is 78.6 Å². The van der Waals surface area contributed by atoms with Crippen LogP contribution in [-0.4, -0.2) is 27.4 Å². The second kappa shape index (κ2) is 34.5. The molecule has 6 aromatic heterocycles. The van der Waals surface area contributed by atoms with E-state index in [-0.39, 0.29) is 21.7 Å². The van der Waals surface area contributed by atoms with Gasteiger partial charge in [-0.15, -0.1) is 0 Å². The van der Waals surface area contributed by atoms with Crippen molar-refractivity contribution in [2.45, 2.75) is 77.0 Å². The summed E-state index contributed by atoms with van der Waals surface area (Å²) in [5, 5.41) is 10.2. The number of para-hydroxylation sites is 8. The van der Waals surface area contributed by atoms with Crippen molar-refractivity contribution in [1.82, 2.24) is 27.4 Å². The molecule has 25 aromatic rings. The van der Waals surface area contributed by atoms with Gasteiger partial charge in [-0.25, -0.2) is 0 Å². The van der Waals surface area contributed by atoms with E-state index < -0.39 is 7.14 Å². The molecule has 19 aromatic carbocycles. The second-order valence-corrected chi connectivity index (χ2v) is 44.7. The molecule has 3 aliphatic heterocycles. The average molecular weight is 1920 g/mol. The topological polar surface area (TPSA) is 53.1 Å². The predicted octanol–water partition coefficient (Wildman–Crippen LogP) is 34.5. The zero-order valence-electron chi connectivity index (χ0n) is 83.9. The van der Waals surface area contributed by atoms with Gasteiger partial charge >= 0.3 is 0 Å². The van der Waals surface area contributed by atoms with Gasteiger partial charge in [-0.1, -0.05) is 383 Å². The maximum Gasteiger partial charge on any atom is 0.171 e. The third kappa shape index (κ3) is 13.9. The van der Waals surface area contributed by atoms with E-state index in [1.165, 1.54) is 167 Å². The minimum atomic E-state index is -3.05. The van der Waals surface area contributed by atoms with Crippen molar-refractivity contribution in [3.63, 3.8) is 0 Å². The monoisotopic (exact) mass is 1920 g/mol. The Morgan fingerprint density at radius 1 is 0.189 bits per heavy atom. The fourth-order valence-electron chi connectivity index (χ4n) is 24.7. The van der Waals surface area contributed by atoms with Crippen LogP contribution < -0.4 is 25.7 Å². The van der Waals surface area contributed by atoms with Crippen LogP contribution in [0.4, 0.5) is 34.1 Å². The Morgan fingerprint density at radius 3 is 0.811 bits per heavy atom. The van der Waals surface area contributed by atoms with Crippen molar-refractivity contribution in [2.24, 2.45) is 0 Å². The molecule has 0 bridgehead atoms. The fraction of sp³-hybridized carbons (Fsp3) is 0.0870. The van der Waals surface area contributed by atoms with Gasteiger partial charge in [0.15, 0.2) is 7.14 Å². The molecule has 10 heteroatoms. The van der Waals surface area contributed by atoms with Crippen molar-refractivity contribution < 1.29 is 4.57 Å². The first-order valence-electron chi connectivity index (χ1n) is 51.5. The number of rotatable bonds is 15. The quantitative estimate of drug-likeness (QED) is 0.0961. The summed E-state index contributed by atoms with van der Waals surface area (Å²) < 4.78 is 29.6. The highest BCUT2D eigenvalue weighted by atomic mass is 31.2. The zero-order valence-corrected chi connectivity index (χ0v) is 84.7. The van der Waals surface area contributed by atoms with Crippen LogP contribution in [0.5, 0.6) is 0 Å². The van der Waals surface area contributed by atoms with Crippen molar-refractivity contribution in [1.29, 1.82) is 0 Å². The van der Waals surface area contributed by atoms with Gasteiger partial charge in [0.1, 0.15) is 16.9 Å². The summed E-state index contributed by atoms with van der Waals surface area (Å²) in [6, 6.07) is 181. The molecule has 0 saturated carbocycles. The number of hydrogen-bond acceptors (Lipinski definition) is 3. The standard InChI is InChI=1S/C58H45N3.C43H33N3.C37H29N2OP/c1-57(2)50-18-10-8-16-46(50)47-35-34-45(36-52(47)57)59(42-28-22-39(23-29-42)38-14-6-5-7-15-38)43-30-24-40(25-31-43)41-26-32-44(33-27-41)60-53-20-12-9-17-48(53)49-37-55-58(3,4)51-19-11-13-21-54(51)61(55)56(49)60;1-43(2)38-18-10-12-20-40(38)46-41(43)29-37-36-17-9-11-19-39(36)45(42(37)46)35-27-23-31(24-28-35)30-21-25-34(26-22-30)44(32-13-5-3-6-14-32)33-15-7-4-8-16-33;1-37(2)32-18-10-12-20-34(32)39-35(37)25-31-30-17-9-11-19-33(30)38(36(31)39)26-21-23-29(24-22-26)41(40,27-13-5-3-6-14-27)28-15-7-4-8-16-28/h5-37H,1-4H3;3-29H,1-2H3;3-25H,1-2H3. The van der Waals surface area contributed by atoms with Crippen LogP contribution in [0.2, 0.25) is 0 Å². The number of nitrogens with zero attached hydrogens (tertiary/aromatic N) is 8. The van der Waals surface area contributed by atoms with E-state index in [0.29, 0.717) is 0 Å². The van der Waals surface area contributed by atoms with Gasteiger partial charge in [0, 0.05) is 138 Å². The summed E-state index contributed by atoms with van der Waals surface area (Å²) in [6.45, 7) is 18.7. The van der Waals surface area contributed by atoms with E-state index in [9.17, 15) is 4.57 Å². The van der Waals surface area contributed by atoms with Gasteiger partial charge in [-0.3, -0.25) is 27.4 Å². The van der Waals surface area contributed by atoms with E-state index >= 15 is 0 Å².